The highest BCUT2D eigenvalue weighted by molar-refractivity contribution is 7.98. The van der Waals surface area contributed by atoms with Crippen LogP contribution in [0.25, 0.3) is 5.65 Å². The standard InChI is InChI=1S/C20H19N5O2S/c1-13-4-2-6-17-21-15(10-18(26)25(13)17)12-28-20-23-22-19(14-7-8-14)24(20)11-16-5-3-9-27-16/h2-6,9-10,14H,7-8,11-12H2,1H3. The van der Waals surface area contributed by atoms with Crippen LogP contribution in [0.15, 0.2) is 57.0 Å². The minimum atomic E-state index is -0.0607. The summed E-state index contributed by atoms with van der Waals surface area (Å²) in [6.07, 6.45) is 3.99. The summed E-state index contributed by atoms with van der Waals surface area (Å²) in [7, 11) is 0. The molecule has 0 atom stereocenters. The van der Waals surface area contributed by atoms with Crippen LogP contribution in [0, 0.1) is 6.92 Å². The topological polar surface area (TPSA) is 78.2 Å². The molecular formula is C20H19N5O2S. The summed E-state index contributed by atoms with van der Waals surface area (Å²) in [5, 5.41) is 9.63. The fourth-order valence-corrected chi connectivity index (χ4v) is 4.17. The van der Waals surface area contributed by atoms with Gasteiger partial charge in [-0.15, -0.1) is 10.2 Å². The van der Waals surface area contributed by atoms with Crippen molar-refractivity contribution >= 4 is 17.4 Å². The van der Waals surface area contributed by atoms with E-state index in [2.05, 4.69) is 19.7 Å². The Morgan fingerprint density at radius 3 is 2.89 bits per heavy atom. The van der Waals surface area contributed by atoms with Gasteiger partial charge >= 0.3 is 0 Å². The summed E-state index contributed by atoms with van der Waals surface area (Å²) in [6.45, 7) is 2.52. The van der Waals surface area contributed by atoms with Gasteiger partial charge in [0.15, 0.2) is 5.16 Å². The third-order valence-corrected chi connectivity index (χ3v) is 5.86. The average molecular weight is 393 g/mol. The Morgan fingerprint density at radius 2 is 2.11 bits per heavy atom. The molecule has 1 fully saturated rings. The molecule has 0 saturated heterocycles. The molecule has 28 heavy (non-hydrogen) atoms. The van der Waals surface area contributed by atoms with E-state index in [1.165, 1.54) is 0 Å². The van der Waals surface area contributed by atoms with Gasteiger partial charge in [0, 0.05) is 23.4 Å². The molecule has 0 bridgehead atoms. The monoisotopic (exact) mass is 393 g/mol. The molecule has 0 amide bonds. The zero-order valence-corrected chi connectivity index (χ0v) is 16.2. The third-order valence-electron chi connectivity index (χ3n) is 4.86. The number of hydrogen-bond acceptors (Lipinski definition) is 6. The summed E-state index contributed by atoms with van der Waals surface area (Å²) in [5.74, 6) is 2.94. The van der Waals surface area contributed by atoms with E-state index >= 15 is 0 Å². The molecule has 0 aromatic carbocycles. The second-order valence-corrected chi connectivity index (χ2v) is 7.96. The highest BCUT2D eigenvalue weighted by Crippen LogP contribution is 2.40. The van der Waals surface area contributed by atoms with Crippen molar-refractivity contribution in [1.82, 2.24) is 24.1 Å². The largest absolute Gasteiger partial charge is 0.467 e. The van der Waals surface area contributed by atoms with Crippen molar-refractivity contribution in [3.05, 3.63) is 76.0 Å². The van der Waals surface area contributed by atoms with Crippen LogP contribution in [0.5, 0.6) is 0 Å². The summed E-state index contributed by atoms with van der Waals surface area (Å²) in [6, 6.07) is 11.1. The van der Waals surface area contributed by atoms with Crippen LogP contribution in [0.1, 0.15) is 41.7 Å². The fraction of sp³-hybridized carbons (Fsp3) is 0.300. The Kier molecular flexibility index (Phi) is 4.27. The van der Waals surface area contributed by atoms with E-state index in [-0.39, 0.29) is 5.56 Å². The molecule has 7 nitrogen and oxygen atoms in total. The Labute approximate surface area is 165 Å². The molecule has 8 heteroatoms. The van der Waals surface area contributed by atoms with Gasteiger partial charge in [0.2, 0.25) is 0 Å². The van der Waals surface area contributed by atoms with Crippen molar-refractivity contribution in [2.24, 2.45) is 0 Å². The second-order valence-electron chi connectivity index (χ2n) is 7.02. The maximum Gasteiger partial charge on any atom is 0.258 e. The first-order valence-electron chi connectivity index (χ1n) is 9.25. The van der Waals surface area contributed by atoms with Crippen molar-refractivity contribution in [2.75, 3.05) is 0 Å². The number of rotatable bonds is 6. The Morgan fingerprint density at radius 1 is 1.21 bits per heavy atom. The molecule has 0 radical (unpaired) electrons. The fourth-order valence-electron chi connectivity index (χ4n) is 3.33. The number of fused-ring (bicyclic) bond motifs is 1. The maximum absolute atomic E-state index is 12.5. The number of pyridine rings is 1. The number of aromatic nitrogens is 5. The number of aryl methyl sites for hydroxylation is 1. The van der Waals surface area contributed by atoms with E-state index < -0.39 is 0 Å². The minimum Gasteiger partial charge on any atom is -0.467 e. The Hall–Kier alpha value is -2.87. The van der Waals surface area contributed by atoms with Gasteiger partial charge in [-0.25, -0.2) is 4.98 Å². The first-order chi connectivity index (χ1) is 13.7. The highest BCUT2D eigenvalue weighted by Gasteiger charge is 2.30. The Balaban J connectivity index is 1.42. The maximum atomic E-state index is 12.5. The van der Waals surface area contributed by atoms with Gasteiger partial charge in [-0.1, -0.05) is 17.8 Å². The first kappa shape index (κ1) is 17.2. The summed E-state index contributed by atoms with van der Waals surface area (Å²) < 4.78 is 9.26. The molecule has 1 aliphatic carbocycles. The summed E-state index contributed by atoms with van der Waals surface area (Å²) in [4.78, 5) is 17.1. The predicted octanol–water partition coefficient (Wildman–Crippen LogP) is 3.41. The number of thioether (sulfide) groups is 1. The van der Waals surface area contributed by atoms with Crippen molar-refractivity contribution in [3.8, 4) is 0 Å². The second kappa shape index (κ2) is 6.94. The molecular weight excluding hydrogens is 374 g/mol. The quantitative estimate of drug-likeness (QED) is 0.467. The molecule has 5 rings (SSSR count). The number of nitrogens with zero attached hydrogens (tertiary/aromatic N) is 5. The zero-order chi connectivity index (χ0) is 19.1. The van der Waals surface area contributed by atoms with E-state index in [4.69, 9.17) is 4.42 Å². The van der Waals surface area contributed by atoms with Gasteiger partial charge in [0.25, 0.3) is 5.56 Å². The van der Waals surface area contributed by atoms with Crippen molar-refractivity contribution in [3.63, 3.8) is 0 Å². The lowest BCUT2D eigenvalue weighted by atomic mass is 10.3. The number of furan rings is 1. The average Bonchev–Trinajstić information content (AvgIpc) is 3.24. The third kappa shape index (κ3) is 3.24. The van der Waals surface area contributed by atoms with Gasteiger partial charge in [0.1, 0.15) is 17.2 Å². The molecule has 4 aromatic rings. The minimum absolute atomic E-state index is 0.0607. The SMILES string of the molecule is Cc1cccc2nc(CSc3nnc(C4CC4)n3Cc3ccco3)cc(=O)n12. The van der Waals surface area contributed by atoms with Crippen molar-refractivity contribution in [2.45, 2.75) is 43.1 Å². The van der Waals surface area contributed by atoms with E-state index in [0.29, 0.717) is 23.9 Å². The summed E-state index contributed by atoms with van der Waals surface area (Å²) >= 11 is 1.55. The van der Waals surface area contributed by atoms with Crippen molar-refractivity contribution < 1.29 is 4.42 Å². The molecule has 0 spiro atoms. The Bertz CT molecular complexity index is 1190. The molecule has 0 unspecified atom stereocenters. The van der Waals surface area contributed by atoms with E-state index in [1.807, 2.05) is 37.3 Å². The first-order valence-corrected chi connectivity index (χ1v) is 10.2. The van der Waals surface area contributed by atoms with Crippen LogP contribution in [0.3, 0.4) is 0 Å². The normalized spacial score (nSPS) is 14.0. The van der Waals surface area contributed by atoms with Crippen molar-refractivity contribution in [1.29, 1.82) is 0 Å². The van der Waals surface area contributed by atoms with Crippen LogP contribution in [-0.4, -0.2) is 24.1 Å². The van der Waals surface area contributed by atoms with Gasteiger partial charge in [0.05, 0.1) is 18.5 Å². The van der Waals surface area contributed by atoms with Crippen LogP contribution in [0.4, 0.5) is 0 Å². The van der Waals surface area contributed by atoms with E-state index in [1.54, 1.807) is 28.5 Å². The van der Waals surface area contributed by atoms with E-state index in [0.717, 1.165) is 41.0 Å². The molecule has 4 heterocycles. The molecule has 0 aliphatic heterocycles. The molecule has 1 aliphatic rings. The van der Waals surface area contributed by atoms with Crippen LogP contribution in [-0.2, 0) is 12.3 Å². The zero-order valence-electron chi connectivity index (χ0n) is 15.4. The van der Waals surface area contributed by atoms with Gasteiger partial charge in [-0.05, 0) is 44.0 Å². The smallest absolute Gasteiger partial charge is 0.258 e. The van der Waals surface area contributed by atoms with Gasteiger partial charge < -0.3 is 4.42 Å². The van der Waals surface area contributed by atoms with E-state index in [9.17, 15) is 4.79 Å². The van der Waals surface area contributed by atoms with Crippen LogP contribution < -0.4 is 5.56 Å². The lowest BCUT2D eigenvalue weighted by Gasteiger charge is -2.09. The van der Waals surface area contributed by atoms with Crippen LogP contribution >= 0.6 is 11.8 Å². The molecule has 0 N–H and O–H groups in total. The lowest BCUT2D eigenvalue weighted by molar-refractivity contribution is 0.478. The van der Waals surface area contributed by atoms with Gasteiger partial charge in [-0.3, -0.25) is 13.8 Å². The molecule has 4 aromatic heterocycles. The molecule has 142 valence electrons. The summed E-state index contributed by atoms with van der Waals surface area (Å²) in [5.41, 5.74) is 2.22. The highest BCUT2D eigenvalue weighted by atomic mass is 32.2. The predicted molar refractivity (Wildman–Crippen MR) is 106 cm³/mol. The lowest BCUT2D eigenvalue weighted by Crippen LogP contribution is -2.17. The van der Waals surface area contributed by atoms with Gasteiger partial charge in [-0.2, -0.15) is 0 Å². The van der Waals surface area contributed by atoms with Crippen LogP contribution in [0.2, 0.25) is 0 Å². The molecule has 1 saturated carbocycles. The number of hydrogen-bond donors (Lipinski definition) is 0.